The van der Waals surface area contributed by atoms with E-state index in [1.165, 1.54) is 22.9 Å². The molecule has 180 valence electrons. The molecule has 0 amide bonds. The van der Waals surface area contributed by atoms with E-state index in [0.717, 1.165) is 40.5 Å². The van der Waals surface area contributed by atoms with Crippen molar-refractivity contribution >= 4 is 41.0 Å². The summed E-state index contributed by atoms with van der Waals surface area (Å²) in [6.45, 7) is 0.887. The lowest BCUT2D eigenvalue weighted by Gasteiger charge is -2.25. The number of anilines is 1. The second-order valence-electron chi connectivity index (χ2n) is 7.65. The molecule has 7 heteroatoms. The average Bonchev–Trinajstić information content (AvgIpc) is 2.88. The molecule has 0 aliphatic heterocycles. The molecular formula is C28H24ClF2NOS2. The number of benzene rings is 4. The maximum Gasteiger partial charge on any atom is 0.147 e. The minimum atomic E-state index is -0.497. The van der Waals surface area contributed by atoms with Crippen LogP contribution in [0, 0.1) is 11.6 Å². The molecule has 2 nitrogen and oxygen atoms in total. The van der Waals surface area contributed by atoms with Crippen LogP contribution in [-0.2, 0) is 6.54 Å². The van der Waals surface area contributed by atoms with Crippen LogP contribution in [-0.4, -0.2) is 12.4 Å². The Labute approximate surface area is 218 Å². The summed E-state index contributed by atoms with van der Waals surface area (Å²) in [5.41, 5.74) is 1.05. The van der Waals surface area contributed by atoms with Gasteiger partial charge in [-0.3, -0.25) is 0 Å². The summed E-state index contributed by atoms with van der Waals surface area (Å²) >= 11 is 9.13. The highest BCUT2D eigenvalue weighted by atomic mass is 35.5. The quantitative estimate of drug-likeness (QED) is 0.110. The number of hydrogen-bond acceptors (Lipinski definition) is 4. The van der Waals surface area contributed by atoms with Gasteiger partial charge in [0.1, 0.15) is 17.4 Å². The zero-order valence-corrected chi connectivity index (χ0v) is 21.3. The van der Waals surface area contributed by atoms with Crippen molar-refractivity contribution in [2.45, 2.75) is 22.8 Å². The van der Waals surface area contributed by atoms with Crippen molar-refractivity contribution in [1.82, 2.24) is 0 Å². The largest absolute Gasteiger partial charge is 0.493 e. The van der Waals surface area contributed by atoms with Gasteiger partial charge in [0.05, 0.1) is 18.8 Å². The first-order chi connectivity index (χ1) is 17.1. The normalized spacial score (nSPS) is 10.8. The molecule has 0 unspecified atom stereocenters. The van der Waals surface area contributed by atoms with Crippen molar-refractivity contribution in [3.63, 3.8) is 0 Å². The van der Waals surface area contributed by atoms with Crippen molar-refractivity contribution in [1.29, 1.82) is 0 Å². The van der Waals surface area contributed by atoms with E-state index in [4.69, 9.17) is 16.3 Å². The standard InChI is InChI=1S/C28H24ClF2NOS2/c29-22-11-14-25(15-12-22)35-32(27-19-23(30)13-16-26(27)31)20-21-7-4-5-10-28(21)33-17-6-18-34-24-8-2-1-3-9-24/h1-5,7-16,19H,6,17-18,20H2. The van der Waals surface area contributed by atoms with Gasteiger partial charge in [-0.15, -0.1) is 11.8 Å². The minimum absolute atomic E-state index is 0.166. The molecule has 0 spiro atoms. The van der Waals surface area contributed by atoms with Gasteiger partial charge in [-0.25, -0.2) is 8.78 Å². The first-order valence-corrected chi connectivity index (χ1v) is 13.3. The van der Waals surface area contributed by atoms with E-state index in [1.807, 2.05) is 54.6 Å². The lowest BCUT2D eigenvalue weighted by atomic mass is 10.2. The molecule has 0 bridgehead atoms. The molecule has 0 N–H and O–H groups in total. The molecule has 35 heavy (non-hydrogen) atoms. The van der Waals surface area contributed by atoms with Crippen molar-refractivity contribution < 1.29 is 13.5 Å². The van der Waals surface area contributed by atoms with Crippen LogP contribution in [0.3, 0.4) is 0 Å². The number of thioether (sulfide) groups is 1. The molecule has 0 heterocycles. The zero-order valence-electron chi connectivity index (χ0n) is 18.9. The van der Waals surface area contributed by atoms with Crippen LogP contribution in [0.1, 0.15) is 12.0 Å². The van der Waals surface area contributed by atoms with Gasteiger partial charge in [-0.2, -0.15) is 0 Å². The summed E-state index contributed by atoms with van der Waals surface area (Å²) < 4.78 is 36.6. The Morgan fingerprint density at radius 1 is 0.800 bits per heavy atom. The predicted molar refractivity (Wildman–Crippen MR) is 144 cm³/mol. The Morgan fingerprint density at radius 3 is 2.34 bits per heavy atom. The van der Waals surface area contributed by atoms with E-state index in [1.54, 1.807) is 28.2 Å². The lowest BCUT2D eigenvalue weighted by molar-refractivity contribution is 0.315. The fourth-order valence-electron chi connectivity index (χ4n) is 3.34. The second kappa shape index (κ2) is 12.9. The van der Waals surface area contributed by atoms with E-state index in [-0.39, 0.29) is 5.69 Å². The van der Waals surface area contributed by atoms with E-state index in [2.05, 4.69) is 12.1 Å². The molecule has 0 atom stereocenters. The van der Waals surface area contributed by atoms with E-state index in [9.17, 15) is 8.78 Å². The van der Waals surface area contributed by atoms with Gasteiger partial charge in [-0.05, 0) is 73.0 Å². The topological polar surface area (TPSA) is 12.5 Å². The SMILES string of the molecule is Fc1ccc(F)c(N(Cc2ccccc2OCCCSc2ccccc2)Sc2ccc(Cl)cc2)c1. The number of hydrogen-bond donors (Lipinski definition) is 0. The Bertz CT molecular complexity index is 1230. The molecule has 4 rings (SSSR count). The molecule has 0 radical (unpaired) electrons. The van der Waals surface area contributed by atoms with E-state index >= 15 is 0 Å². The second-order valence-corrected chi connectivity index (χ2v) is 10.3. The molecule has 0 aliphatic carbocycles. The van der Waals surface area contributed by atoms with Crippen molar-refractivity contribution in [3.8, 4) is 5.75 Å². The summed E-state index contributed by atoms with van der Waals surface area (Å²) in [6.07, 6.45) is 0.885. The van der Waals surface area contributed by atoms with Crippen LogP contribution in [0.2, 0.25) is 5.02 Å². The third-order valence-corrected chi connectivity index (χ3v) is 7.43. The molecule has 0 saturated carbocycles. The summed E-state index contributed by atoms with van der Waals surface area (Å²) in [6, 6.07) is 28.7. The average molecular weight is 528 g/mol. The van der Waals surface area contributed by atoms with Crippen LogP contribution in [0.25, 0.3) is 0 Å². The monoisotopic (exact) mass is 527 g/mol. The highest BCUT2D eigenvalue weighted by Crippen LogP contribution is 2.35. The van der Waals surface area contributed by atoms with Gasteiger partial charge in [-0.1, -0.05) is 48.0 Å². The fourth-order valence-corrected chi connectivity index (χ4v) is 5.27. The van der Waals surface area contributed by atoms with Crippen molar-refractivity contribution in [3.05, 3.63) is 119 Å². The highest BCUT2D eigenvalue weighted by Gasteiger charge is 2.17. The Kier molecular flexibility index (Phi) is 9.35. The van der Waals surface area contributed by atoms with Crippen molar-refractivity contribution in [2.75, 3.05) is 16.7 Å². The van der Waals surface area contributed by atoms with Gasteiger partial charge in [0.25, 0.3) is 0 Å². The van der Waals surface area contributed by atoms with Crippen LogP contribution in [0.5, 0.6) is 5.75 Å². The van der Waals surface area contributed by atoms with Crippen molar-refractivity contribution in [2.24, 2.45) is 0 Å². The van der Waals surface area contributed by atoms with Crippen LogP contribution in [0.4, 0.5) is 14.5 Å². The summed E-state index contributed by atoms with van der Waals surface area (Å²) in [7, 11) is 0. The Balaban J connectivity index is 1.46. The number of halogens is 3. The Hall–Kier alpha value is -2.67. The highest BCUT2D eigenvalue weighted by molar-refractivity contribution is 8.00. The number of nitrogens with zero attached hydrogens (tertiary/aromatic N) is 1. The van der Waals surface area contributed by atoms with Crippen LogP contribution in [0.15, 0.2) is 107 Å². The van der Waals surface area contributed by atoms with E-state index in [0.29, 0.717) is 18.2 Å². The minimum Gasteiger partial charge on any atom is -0.493 e. The number of ether oxygens (including phenoxy) is 1. The smallest absolute Gasteiger partial charge is 0.147 e. The molecule has 4 aromatic carbocycles. The number of para-hydroxylation sites is 1. The van der Waals surface area contributed by atoms with Gasteiger partial charge in [0, 0.05) is 32.2 Å². The number of rotatable bonds is 11. The van der Waals surface area contributed by atoms with Gasteiger partial charge < -0.3 is 9.04 Å². The molecule has 0 fully saturated rings. The third kappa shape index (κ3) is 7.66. The maximum absolute atomic E-state index is 14.7. The van der Waals surface area contributed by atoms with E-state index < -0.39 is 11.6 Å². The summed E-state index contributed by atoms with van der Waals surface area (Å²) in [4.78, 5) is 2.09. The third-order valence-electron chi connectivity index (χ3n) is 5.05. The molecule has 0 saturated heterocycles. The first kappa shape index (κ1) is 25.4. The molecular weight excluding hydrogens is 504 g/mol. The molecule has 0 aromatic heterocycles. The molecule has 0 aliphatic rings. The fraction of sp³-hybridized carbons (Fsp3) is 0.143. The van der Waals surface area contributed by atoms with Crippen LogP contribution < -0.4 is 9.04 Å². The molecule has 4 aromatic rings. The summed E-state index contributed by atoms with van der Waals surface area (Å²) in [5, 5.41) is 0.613. The van der Waals surface area contributed by atoms with Gasteiger partial charge in [0.2, 0.25) is 0 Å². The first-order valence-electron chi connectivity index (χ1n) is 11.1. The lowest BCUT2D eigenvalue weighted by Crippen LogP contribution is -2.16. The zero-order chi connectivity index (χ0) is 24.5. The van der Waals surface area contributed by atoms with Gasteiger partial charge in [0.15, 0.2) is 0 Å². The predicted octanol–water partition coefficient (Wildman–Crippen LogP) is 8.89. The maximum atomic E-state index is 14.7. The van der Waals surface area contributed by atoms with Crippen LogP contribution >= 0.6 is 35.3 Å². The Morgan fingerprint density at radius 2 is 1.54 bits per heavy atom. The van der Waals surface area contributed by atoms with Gasteiger partial charge >= 0.3 is 0 Å². The summed E-state index contributed by atoms with van der Waals surface area (Å²) in [5.74, 6) is 0.683.